The Hall–Kier alpha value is -3.16. The molecule has 0 bridgehead atoms. The van der Waals surface area contributed by atoms with E-state index in [-0.39, 0.29) is 5.91 Å². The van der Waals surface area contributed by atoms with E-state index in [1.807, 2.05) is 17.7 Å². The van der Waals surface area contributed by atoms with Crippen molar-refractivity contribution < 1.29 is 41.0 Å². The second-order valence-electron chi connectivity index (χ2n) is 6.71. The summed E-state index contributed by atoms with van der Waals surface area (Å²) in [5.41, 5.74) is -0.292. The zero-order chi connectivity index (χ0) is 25.0. The molecule has 0 fully saturated rings. The Kier molecular flexibility index (Phi) is 8.06. The fourth-order valence-electron chi connectivity index (χ4n) is 2.64. The molecule has 0 unspecified atom stereocenters. The topological polar surface area (TPSA) is 97.1 Å². The smallest absolute Gasteiger partial charge is 0.475 e. The summed E-state index contributed by atoms with van der Waals surface area (Å²) in [4.78, 5) is 30.1. The number of alkyl halides is 6. The van der Waals surface area contributed by atoms with Gasteiger partial charge >= 0.3 is 18.3 Å². The van der Waals surface area contributed by atoms with Crippen molar-refractivity contribution in [3.63, 3.8) is 0 Å². The molecular weight excluding hydrogens is 478 g/mol. The van der Waals surface area contributed by atoms with Crippen LogP contribution < -0.4 is 5.32 Å². The lowest BCUT2D eigenvalue weighted by Gasteiger charge is -2.07. The van der Waals surface area contributed by atoms with Gasteiger partial charge in [0, 0.05) is 37.1 Å². The highest BCUT2D eigenvalue weighted by Crippen LogP contribution is 2.35. The first-order valence-corrected chi connectivity index (χ1v) is 10.1. The molecule has 0 aliphatic carbocycles. The molecule has 3 heterocycles. The van der Waals surface area contributed by atoms with Crippen LogP contribution in [-0.2, 0) is 17.5 Å². The van der Waals surface area contributed by atoms with E-state index in [1.54, 1.807) is 13.1 Å². The highest BCUT2D eigenvalue weighted by molar-refractivity contribution is 7.20. The molecule has 0 aromatic carbocycles. The molecular formula is C19H18F6N4O3S. The van der Waals surface area contributed by atoms with Gasteiger partial charge in [-0.15, -0.1) is 11.3 Å². The number of thiophene rings is 1. The van der Waals surface area contributed by atoms with Crippen molar-refractivity contribution in [1.82, 2.24) is 19.9 Å². The Labute approximate surface area is 187 Å². The predicted octanol–water partition coefficient (Wildman–Crippen LogP) is 4.58. The van der Waals surface area contributed by atoms with Crippen LogP contribution in [0.4, 0.5) is 26.3 Å². The van der Waals surface area contributed by atoms with Crippen LogP contribution in [-0.4, -0.2) is 44.2 Å². The monoisotopic (exact) mass is 496 g/mol. The molecule has 3 aromatic rings. The SMILES string of the molecule is Cc1c(C(=O)NCCCn2ccnc2C)sc2ncc(C(F)(F)F)cc12.O=C(O)C(F)(F)F. The molecule has 0 spiro atoms. The lowest BCUT2D eigenvalue weighted by Crippen LogP contribution is -2.25. The van der Waals surface area contributed by atoms with Crippen LogP contribution in [0.25, 0.3) is 10.2 Å². The minimum atomic E-state index is -5.08. The fourth-order valence-corrected chi connectivity index (χ4v) is 3.69. The Balaban J connectivity index is 0.000000479. The van der Waals surface area contributed by atoms with Crippen molar-refractivity contribution in [3.05, 3.63) is 46.5 Å². The molecule has 180 valence electrons. The molecule has 0 aliphatic heterocycles. The summed E-state index contributed by atoms with van der Waals surface area (Å²) in [7, 11) is 0. The number of aromatic nitrogens is 3. The number of carboxylic acid groups (broad SMARTS) is 1. The second-order valence-corrected chi connectivity index (χ2v) is 7.71. The molecule has 3 aromatic heterocycles. The number of aryl methyl sites for hydroxylation is 3. The first kappa shape index (κ1) is 26.1. The number of rotatable bonds is 5. The zero-order valence-electron chi connectivity index (χ0n) is 17.2. The van der Waals surface area contributed by atoms with Crippen LogP contribution in [0.15, 0.2) is 24.7 Å². The average Bonchev–Trinajstić information content (AvgIpc) is 3.27. The quantitative estimate of drug-likeness (QED) is 0.398. The van der Waals surface area contributed by atoms with Crippen LogP contribution in [0.1, 0.15) is 33.0 Å². The number of nitrogens with zero attached hydrogens (tertiary/aromatic N) is 3. The van der Waals surface area contributed by atoms with Crippen molar-refractivity contribution in [3.8, 4) is 0 Å². The molecule has 2 N–H and O–H groups in total. The third kappa shape index (κ3) is 6.91. The number of fused-ring (bicyclic) bond motifs is 1. The summed E-state index contributed by atoms with van der Waals surface area (Å²) < 4.78 is 72.2. The van der Waals surface area contributed by atoms with E-state index < -0.39 is 23.9 Å². The highest BCUT2D eigenvalue weighted by Gasteiger charge is 2.38. The van der Waals surface area contributed by atoms with Gasteiger partial charge in [-0.2, -0.15) is 26.3 Å². The maximum absolute atomic E-state index is 12.8. The van der Waals surface area contributed by atoms with E-state index in [0.29, 0.717) is 27.2 Å². The standard InChI is InChI=1S/C17H17F3N4OS.C2HF3O2/c1-10-13-8-12(17(18,19)20)9-23-16(13)26-14(10)15(25)22-4-3-6-24-7-5-21-11(24)2;3-2(4,5)1(6)7/h5,7-9H,3-4,6H2,1-2H3,(H,22,25);(H,6,7). The number of hydrogen-bond donors (Lipinski definition) is 2. The van der Waals surface area contributed by atoms with Crippen molar-refractivity contribution >= 4 is 33.4 Å². The average molecular weight is 496 g/mol. The van der Waals surface area contributed by atoms with Crippen molar-refractivity contribution in [2.45, 2.75) is 39.2 Å². The molecule has 0 radical (unpaired) electrons. The largest absolute Gasteiger partial charge is 0.490 e. The van der Waals surface area contributed by atoms with E-state index in [2.05, 4.69) is 15.3 Å². The fraction of sp³-hybridized carbons (Fsp3) is 0.368. The van der Waals surface area contributed by atoms with Gasteiger partial charge in [-0.05, 0) is 31.9 Å². The number of aliphatic carboxylic acids is 1. The number of carbonyl (C=O) groups is 2. The first-order valence-electron chi connectivity index (χ1n) is 9.24. The third-order valence-electron chi connectivity index (χ3n) is 4.36. The normalized spacial score (nSPS) is 11.8. The number of carbonyl (C=O) groups excluding carboxylic acids is 1. The number of imidazole rings is 1. The maximum atomic E-state index is 12.8. The molecule has 0 saturated carbocycles. The van der Waals surface area contributed by atoms with Gasteiger partial charge in [0.1, 0.15) is 10.7 Å². The van der Waals surface area contributed by atoms with Crippen LogP contribution in [0.2, 0.25) is 0 Å². The van der Waals surface area contributed by atoms with Crippen LogP contribution in [0.3, 0.4) is 0 Å². The Morgan fingerprint density at radius 3 is 2.30 bits per heavy atom. The van der Waals surface area contributed by atoms with Gasteiger partial charge in [0.2, 0.25) is 0 Å². The lowest BCUT2D eigenvalue weighted by molar-refractivity contribution is -0.192. The van der Waals surface area contributed by atoms with Gasteiger partial charge in [-0.1, -0.05) is 0 Å². The molecule has 33 heavy (non-hydrogen) atoms. The summed E-state index contributed by atoms with van der Waals surface area (Å²) >= 11 is 1.10. The van der Waals surface area contributed by atoms with Crippen LogP contribution in [0.5, 0.6) is 0 Å². The van der Waals surface area contributed by atoms with E-state index >= 15 is 0 Å². The van der Waals surface area contributed by atoms with Crippen molar-refractivity contribution in [1.29, 1.82) is 0 Å². The third-order valence-corrected chi connectivity index (χ3v) is 5.57. The maximum Gasteiger partial charge on any atom is 0.490 e. The van der Waals surface area contributed by atoms with Gasteiger partial charge < -0.3 is 15.0 Å². The van der Waals surface area contributed by atoms with Crippen LogP contribution in [0, 0.1) is 13.8 Å². The second kappa shape index (κ2) is 10.2. The van der Waals surface area contributed by atoms with Crippen molar-refractivity contribution in [2.75, 3.05) is 6.54 Å². The molecule has 7 nitrogen and oxygen atoms in total. The van der Waals surface area contributed by atoms with Gasteiger partial charge in [0.25, 0.3) is 5.91 Å². The van der Waals surface area contributed by atoms with E-state index in [9.17, 15) is 31.1 Å². The van der Waals surface area contributed by atoms with Crippen LogP contribution >= 0.6 is 11.3 Å². The summed E-state index contributed by atoms with van der Waals surface area (Å²) in [5.74, 6) is -2.14. The summed E-state index contributed by atoms with van der Waals surface area (Å²) in [6.07, 6.45) is -4.42. The predicted molar refractivity (Wildman–Crippen MR) is 107 cm³/mol. The minimum Gasteiger partial charge on any atom is -0.475 e. The molecule has 1 amide bonds. The number of carboxylic acids is 1. The summed E-state index contributed by atoms with van der Waals surface area (Å²) in [6, 6.07) is 1.05. The van der Waals surface area contributed by atoms with E-state index in [4.69, 9.17) is 9.90 Å². The molecule has 14 heteroatoms. The van der Waals surface area contributed by atoms with Gasteiger partial charge in [0.05, 0.1) is 10.4 Å². The first-order chi connectivity index (χ1) is 15.2. The summed E-state index contributed by atoms with van der Waals surface area (Å²) in [5, 5.41) is 10.3. The van der Waals surface area contributed by atoms with E-state index in [1.165, 1.54) is 0 Å². The van der Waals surface area contributed by atoms with Gasteiger partial charge in [0.15, 0.2) is 0 Å². The summed E-state index contributed by atoms with van der Waals surface area (Å²) in [6.45, 7) is 4.74. The minimum absolute atomic E-state index is 0.290. The van der Waals surface area contributed by atoms with Crippen molar-refractivity contribution in [2.24, 2.45) is 0 Å². The lowest BCUT2D eigenvalue weighted by atomic mass is 10.1. The number of nitrogens with one attached hydrogen (secondary N) is 1. The molecule has 0 aliphatic rings. The Morgan fingerprint density at radius 1 is 1.15 bits per heavy atom. The number of amides is 1. The van der Waals surface area contributed by atoms with E-state index in [0.717, 1.165) is 42.4 Å². The Morgan fingerprint density at radius 2 is 1.79 bits per heavy atom. The highest BCUT2D eigenvalue weighted by atomic mass is 32.1. The molecule has 0 atom stereocenters. The zero-order valence-corrected chi connectivity index (χ0v) is 18.0. The Bertz CT molecular complexity index is 1140. The number of pyridine rings is 1. The molecule has 3 rings (SSSR count). The number of hydrogen-bond acceptors (Lipinski definition) is 5. The van der Waals surface area contributed by atoms with Gasteiger partial charge in [-0.25, -0.2) is 14.8 Å². The van der Waals surface area contributed by atoms with Gasteiger partial charge in [-0.3, -0.25) is 4.79 Å². The number of halogens is 6. The molecule has 0 saturated heterocycles.